The molecule has 21 heavy (non-hydrogen) atoms. The Kier molecular flexibility index (Phi) is 4.12. The predicted molar refractivity (Wildman–Crippen MR) is 81.5 cm³/mol. The fourth-order valence-corrected chi connectivity index (χ4v) is 1.87. The van der Waals surface area contributed by atoms with Gasteiger partial charge in [0, 0.05) is 12.1 Å². The van der Waals surface area contributed by atoms with Crippen molar-refractivity contribution >= 4 is 0 Å². The number of hydrogen-bond acceptors (Lipinski definition) is 3. The summed E-state index contributed by atoms with van der Waals surface area (Å²) in [6.45, 7) is 0.489. The average Bonchev–Trinajstić information content (AvgIpc) is 2.55. The summed E-state index contributed by atoms with van der Waals surface area (Å²) in [4.78, 5) is 4.34. The Bertz CT molecular complexity index is 684. The lowest BCUT2D eigenvalue weighted by Crippen LogP contribution is -1.97. The van der Waals surface area contributed by atoms with Crippen LogP contribution in [0.2, 0.25) is 0 Å². The Morgan fingerprint density at radius 3 is 2.10 bits per heavy atom. The molecule has 0 atom stereocenters. The minimum Gasteiger partial charge on any atom is -0.473 e. The zero-order chi connectivity index (χ0) is 14.3. The summed E-state index contributed by atoms with van der Waals surface area (Å²) in [5, 5.41) is 0. The van der Waals surface area contributed by atoms with Crippen LogP contribution in [0.3, 0.4) is 0 Å². The highest BCUT2D eigenvalue weighted by Crippen LogP contribution is 2.21. The Labute approximate surface area is 123 Å². The highest BCUT2D eigenvalue weighted by atomic mass is 16.5. The van der Waals surface area contributed by atoms with Gasteiger partial charge in [0.05, 0.1) is 0 Å². The highest BCUT2D eigenvalue weighted by molar-refractivity contribution is 5.28. The lowest BCUT2D eigenvalue weighted by Gasteiger charge is -2.08. The average molecular weight is 277 g/mol. The number of nitrogens with zero attached hydrogens (tertiary/aromatic N) is 1. The molecule has 3 rings (SSSR count). The van der Waals surface area contributed by atoms with Crippen LogP contribution in [0.15, 0.2) is 78.9 Å². The second kappa shape index (κ2) is 6.57. The summed E-state index contributed by atoms with van der Waals surface area (Å²) in [6.07, 6.45) is 0. The van der Waals surface area contributed by atoms with Crippen molar-refractivity contribution in [3.8, 4) is 17.5 Å². The summed E-state index contributed by atoms with van der Waals surface area (Å²) < 4.78 is 11.4. The largest absolute Gasteiger partial charge is 0.473 e. The van der Waals surface area contributed by atoms with Gasteiger partial charge in [0.25, 0.3) is 0 Å². The Morgan fingerprint density at radius 1 is 0.667 bits per heavy atom. The second-order valence-corrected chi connectivity index (χ2v) is 4.50. The van der Waals surface area contributed by atoms with Crippen molar-refractivity contribution in [1.82, 2.24) is 4.98 Å². The van der Waals surface area contributed by atoms with Crippen LogP contribution in [0.4, 0.5) is 0 Å². The number of pyridine rings is 1. The molecule has 3 heteroatoms. The molecule has 3 aromatic rings. The van der Waals surface area contributed by atoms with Crippen LogP contribution >= 0.6 is 0 Å². The third-order valence-corrected chi connectivity index (χ3v) is 2.89. The first-order chi connectivity index (χ1) is 10.4. The summed E-state index contributed by atoms with van der Waals surface area (Å²) >= 11 is 0. The van der Waals surface area contributed by atoms with Gasteiger partial charge in [0.15, 0.2) is 0 Å². The van der Waals surface area contributed by atoms with Crippen molar-refractivity contribution in [3.05, 3.63) is 84.4 Å². The molecule has 0 fully saturated rings. The molecule has 0 saturated carbocycles. The maximum Gasteiger partial charge on any atom is 0.222 e. The van der Waals surface area contributed by atoms with Gasteiger partial charge in [-0.2, -0.15) is 4.98 Å². The number of benzene rings is 2. The zero-order valence-electron chi connectivity index (χ0n) is 11.5. The predicted octanol–water partition coefficient (Wildman–Crippen LogP) is 4.45. The van der Waals surface area contributed by atoms with Crippen LogP contribution in [-0.2, 0) is 6.61 Å². The molecular weight excluding hydrogens is 262 g/mol. The van der Waals surface area contributed by atoms with Gasteiger partial charge in [-0.25, -0.2) is 0 Å². The SMILES string of the molecule is c1ccc(COc2cccc(Oc3ccccc3)n2)cc1. The smallest absolute Gasteiger partial charge is 0.222 e. The van der Waals surface area contributed by atoms with E-state index in [1.54, 1.807) is 0 Å². The normalized spacial score (nSPS) is 10.1. The molecule has 1 aromatic heterocycles. The first-order valence-corrected chi connectivity index (χ1v) is 6.77. The zero-order valence-corrected chi connectivity index (χ0v) is 11.5. The number of rotatable bonds is 5. The lowest BCUT2D eigenvalue weighted by molar-refractivity contribution is 0.289. The molecule has 0 spiro atoms. The molecule has 0 saturated heterocycles. The molecular formula is C18H15NO2. The maximum atomic E-state index is 5.68. The van der Waals surface area contributed by atoms with E-state index >= 15 is 0 Å². The summed E-state index contributed by atoms with van der Waals surface area (Å²) in [5.74, 6) is 1.82. The fraction of sp³-hybridized carbons (Fsp3) is 0.0556. The van der Waals surface area contributed by atoms with E-state index in [0.29, 0.717) is 18.4 Å². The van der Waals surface area contributed by atoms with Crippen molar-refractivity contribution < 1.29 is 9.47 Å². The third-order valence-electron chi connectivity index (χ3n) is 2.89. The Morgan fingerprint density at radius 2 is 1.33 bits per heavy atom. The topological polar surface area (TPSA) is 31.4 Å². The van der Waals surface area contributed by atoms with Crippen LogP contribution in [0, 0.1) is 0 Å². The number of para-hydroxylation sites is 1. The molecule has 0 N–H and O–H groups in total. The maximum absolute atomic E-state index is 5.68. The number of hydrogen-bond donors (Lipinski definition) is 0. The summed E-state index contributed by atoms with van der Waals surface area (Å²) in [7, 11) is 0. The summed E-state index contributed by atoms with van der Waals surface area (Å²) in [5.41, 5.74) is 1.11. The summed E-state index contributed by atoms with van der Waals surface area (Å²) in [6, 6.07) is 25.1. The Hall–Kier alpha value is -2.81. The minimum absolute atomic E-state index is 0.489. The first kappa shape index (κ1) is 13.2. The molecule has 0 aliphatic rings. The van der Waals surface area contributed by atoms with Crippen LogP contribution in [0.1, 0.15) is 5.56 Å². The van der Waals surface area contributed by atoms with E-state index in [1.165, 1.54) is 0 Å². The van der Waals surface area contributed by atoms with E-state index in [-0.39, 0.29) is 0 Å². The van der Waals surface area contributed by atoms with E-state index in [4.69, 9.17) is 9.47 Å². The van der Waals surface area contributed by atoms with Gasteiger partial charge in [-0.3, -0.25) is 0 Å². The van der Waals surface area contributed by atoms with E-state index < -0.39 is 0 Å². The van der Waals surface area contributed by atoms with Gasteiger partial charge in [-0.1, -0.05) is 54.6 Å². The highest BCUT2D eigenvalue weighted by Gasteiger charge is 2.01. The van der Waals surface area contributed by atoms with Gasteiger partial charge in [-0.05, 0) is 17.7 Å². The van der Waals surface area contributed by atoms with Crippen molar-refractivity contribution in [1.29, 1.82) is 0 Å². The molecule has 0 aliphatic heterocycles. The van der Waals surface area contributed by atoms with Crippen LogP contribution in [0.5, 0.6) is 17.5 Å². The third kappa shape index (κ3) is 3.83. The monoisotopic (exact) mass is 277 g/mol. The van der Waals surface area contributed by atoms with E-state index in [0.717, 1.165) is 11.3 Å². The van der Waals surface area contributed by atoms with Gasteiger partial charge in [0.1, 0.15) is 12.4 Å². The minimum atomic E-state index is 0.489. The molecule has 0 bridgehead atoms. The fourth-order valence-electron chi connectivity index (χ4n) is 1.87. The van der Waals surface area contributed by atoms with E-state index in [9.17, 15) is 0 Å². The second-order valence-electron chi connectivity index (χ2n) is 4.50. The first-order valence-electron chi connectivity index (χ1n) is 6.77. The molecule has 0 aliphatic carbocycles. The van der Waals surface area contributed by atoms with Gasteiger partial charge in [-0.15, -0.1) is 0 Å². The molecule has 0 radical (unpaired) electrons. The molecule has 0 amide bonds. The van der Waals surface area contributed by atoms with Gasteiger partial charge in [0.2, 0.25) is 11.8 Å². The molecule has 104 valence electrons. The van der Waals surface area contributed by atoms with Gasteiger partial charge >= 0.3 is 0 Å². The molecule has 3 nitrogen and oxygen atoms in total. The molecule has 0 unspecified atom stereocenters. The van der Waals surface area contributed by atoms with Gasteiger partial charge < -0.3 is 9.47 Å². The lowest BCUT2D eigenvalue weighted by atomic mass is 10.2. The van der Waals surface area contributed by atoms with E-state index in [2.05, 4.69) is 4.98 Å². The van der Waals surface area contributed by atoms with Crippen molar-refractivity contribution in [2.45, 2.75) is 6.61 Å². The number of aromatic nitrogens is 1. The van der Waals surface area contributed by atoms with Crippen molar-refractivity contribution in [2.24, 2.45) is 0 Å². The van der Waals surface area contributed by atoms with E-state index in [1.807, 2.05) is 78.9 Å². The van der Waals surface area contributed by atoms with Crippen molar-refractivity contribution in [2.75, 3.05) is 0 Å². The Balaban J connectivity index is 1.66. The van der Waals surface area contributed by atoms with Crippen LogP contribution < -0.4 is 9.47 Å². The standard InChI is InChI=1S/C18H15NO2/c1-3-8-15(9-4-1)14-20-17-12-7-13-18(19-17)21-16-10-5-2-6-11-16/h1-13H,14H2. The number of ether oxygens (including phenoxy) is 2. The molecule has 2 aromatic carbocycles. The van der Waals surface area contributed by atoms with Crippen LogP contribution in [0.25, 0.3) is 0 Å². The molecule has 1 heterocycles. The quantitative estimate of drug-likeness (QED) is 0.690. The van der Waals surface area contributed by atoms with Crippen molar-refractivity contribution in [3.63, 3.8) is 0 Å². The van der Waals surface area contributed by atoms with Crippen LogP contribution in [-0.4, -0.2) is 4.98 Å².